The average molecular weight is 311 g/mol. The minimum absolute atomic E-state index is 0.344. The van der Waals surface area contributed by atoms with Gasteiger partial charge in [-0.15, -0.1) is 11.6 Å². The third kappa shape index (κ3) is 2.93. The SMILES string of the molecule is COc1cc(C(O)(CCCl)c2ccccc2)ccc1Cl. The predicted octanol–water partition coefficient (Wildman–Crippen LogP) is 4.21. The second-order valence-corrected chi connectivity index (χ2v) is 5.30. The molecule has 2 aromatic rings. The first-order valence-electron chi connectivity index (χ1n) is 6.29. The highest BCUT2D eigenvalue weighted by molar-refractivity contribution is 6.32. The van der Waals surface area contributed by atoms with Crippen LogP contribution in [0.4, 0.5) is 0 Å². The normalized spacial score (nSPS) is 13.8. The Labute approximate surface area is 128 Å². The van der Waals surface area contributed by atoms with Gasteiger partial charge in [-0.1, -0.05) is 48.0 Å². The molecule has 20 heavy (non-hydrogen) atoms. The summed E-state index contributed by atoms with van der Waals surface area (Å²) in [6, 6.07) is 14.7. The molecule has 0 saturated heterocycles. The van der Waals surface area contributed by atoms with Crippen molar-refractivity contribution in [2.45, 2.75) is 12.0 Å². The van der Waals surface area contributed by atoms with Gasteiger partial charge < -0.3 is 9.84 Å². The summed E-state index contributed by atoms with van der Waals surface area (Å²) < 4.78 is 5.22. The van der Waals surface area contributed by atoms with Crippen molar-refractivity contribution in [3.05, 3.63) is 64.7 Å². The third-order valence-corrected chi connectivity index (χ3v) is 3.84. The maximum absolute atomic E-state index is 11.1. The number of alkyl halides is 1. The number of hydrogen-bond acceptors (Lipinski definition) is 2. The van der Waals surface area contributed by atoms with Crippen LogP contribution in [0.15, 0.2) is 48.5 Å². The van der Waals surface area contributed by atoms with Gasteiger partial charge in [0.05, 0.1) is 12.1 Å². The molecular weight excluding hydrogens is 295 g/mol. The van der Waals surface area contributed by atoms with E-state index in [1.165, 1.54) is 0 Å². The molecule has 1 unspecified atom stereocenters. The van der Waals surface area contributed by atoms with E-state index in [2.05, 4.69) is 0 Å². The molecule has 0 amide bonds. The Morgan fingerprint density at radius 1 is 1.10 bits per heavy atom. The lowest BCUT2D eigenvalue weighted by atomic mass is 9.84. The number of methoxy groups -OCH3 is 1. The summed E-state index contributed by atoms with van der Waals surface area (Å²) >= 11 is 11.9. The van der Waals surface area contributed by atoms with E-state index < -0.39 is 5.60 Å². The molecule has 1 atom stereocenters. The number of halogens is 2. The summed E-state index contributed by atoms with van der Waals surface area (Å²) in [7, 11) is 1.55. The van der Waals surface area contributed by atoms with Gasteiger partial charge in [0.25, 0.3) is 0 Å². The maximum Gasteiger partial charge on any atom is 0.137 e. The fourth-order valence-electron chi connectivity index (χ4n) is 2.22. The van der Waals surface area contributed by atoms with Gasteiger partial charge in [0, 0.05) is 5.88 Å². The molecular formula is C16H16Cl2O2. The fourth-order valence-corrected chi connectivity index (χ4v) is 2.69. The van der Waals surface area contributed by atoms with Crippen LogP contribution in [0.3, 0.4) is 0 Å². The van der Waals surface area contributed by atoms with Gasteiger partial charge in [-0.25, -0.2) is 0 Å². The first-order valence-corrected chi connectivity index (χ1v) is 7.21. The first kappa shape index (κ1) is 15.2. The second-order valence-electron chi connectivity index (χ2n) is 4.51. The van der Waals surface area contributed by atoms with Crippen molar-refractivity contribution < 1.29 is 9.84 Å². The number of aliphatic hydroxyl groups is 1. The number of benzene rings is 2. The molecule has 0 aliphatic carbocycles. The summed E-state index contributed by atoms with van der Waals surface area (Å²) in [4.78, 5) is 0. The van der Waals surface area contributed by atoms with Crippen molar-refractivity contribution in [3.8, 4) is 5.75 Å². The summed E-state index contributed by atoms with van der Waals surface area (Å²) in [5.74, 6) is 0.879. The standard InChI is InChI=1S/C16H16Cl2O2/c1-20-15-11-13(7-8-14(15)18)16(19,9-10-17)12-5-3-2-4-6-12/h2-8,11,19H,9-10H2,1H3. The zero-order chi connectivity index (χ0) is 14.6. The topological polar surface area (TPSA) is 29.5 Å². The molecule has 106 valence electrons. The van der Waals surface area contributed by atoms with E-state index in [1.807, 2.05) is 30.3 Å². The molecule has 0 fully saturated rings. The van der Waals surface area contributed by atoms with Gasteiger partial charge in [-0.05, 0) is 29.7 Å². The molecule has 0 aromatic heterocycles. The van der Waals surface area contributed by atoms with Gasteiger partial charge in [0.1, 0.15) is 11.4 Å². The predicted molar refractivity (Wildman–Crippen MR) is 82.8 cm³/mol. The van der Waals surface area contributed by atoms with Crippen LogP contribution in [0.1, 0.15) is 17.5 Å². The van der Waals surface area contributed by atoms with E-state index in [1.54, 1.807) is 25.3 Å². The minimum atomic E-state index is -1.15. The molecule has 1 N–H and O–H groups in total. The van der Waals surface area contributed by atoms with Gasteiger partial charge in [-0.2, -0.15) is 0 Å². The van der Waals surface area contributed by atoms with Crippen molar-refractivity contribution in [1.82, 2.24) is 0 Å². The molecule has 2 nitrogen and oxygen atoms in total. The third-order valence-electron chi connectivity index (χ3n) is 3.34. The van der Waals surface area contributed by atoms with E-state index in [0.29, 0.717) is 28.6 Å². The van der Waals surface area contributed by atoms with E-state index in [9.17, 15) is 5.11 Å². The zero-order valence-electron chi connectivity index (χ0n) is 11.1. The van der Waals surface area contributed by atoms with Crippen LogP contribution < -0.4 is 4.74 Å². The molecule has 4 heteroatoms. The summed E-state index contributed by atoms with van der Waals surface area (Å²) in [5.41, 5.74) is 0.358. The van der Waals surface area contributed by atoms with Crippen LogP contribution in [0.5, 0.6) is 5.75 Å². The van der Waals surface area contributed by atoms with Crippen molar-refractivity contribution in [2.24, 2.45) is 0 Å². The Balaban J connectivity index is 2.53. The van der Waals surface area contributed by atoms with Crippen molar-refractivity contribution in [1.29, 1.82) is 0 Å². The van der Waals surface area contributed by atoms with Crippen molar-refractivity contribution >= 4 is 23.2 Å². The smallest absolute Gasteiger partial charge is 0.137 e. The van der Waals surface area contributed by atoms with Gasteiger partial charge in [0.2, 0.25) is 0 Å². The van der Waals surface area contributed by atoms with Crippen molar-refractivity contribution in [3.63, 3.8) is 0 Å². The number of hydrogen-bond donors (Lipinski definition) is 1. The molecule has 0 saturated carbocycles. The molecule has 0 bridgehead atoms. The highest BCUT2D eigenvalue weighted by Crippen LogP contribution is 2.37. The van der Waals surface area contributed by atoms with Gasteiger partial charge in [-0.3, -0.25) is 0 Å². The molecule has 2 rings (SSSR count). The summed E-state index contributed by atoms with van der Waals surface area (Å²) in [6.45, 7) is 0. The summed E-state index contributed by atoms with van der Waals surface area (Å²) in [5, 5.41) is 11.6. The monoisotopic (exact) mass is 310 g/mol. The van der Waals surface area contributed by atoms with E-state index >= 15 is 0 Å². The quantitative estimate of drug-likeness (QED) is 0.838. The minimum Gasteiger partial charge on any atom is -0.495 e. The largest absolute Gasteiger partial charge is 0.495 e. The molecule has 0 heterocycles. The van der Waals surface area contributed by atoms with E-state index in [4.69, 9.17) is 27.9 Å². The van der Waals surface area contributed by atoms with Gasteiger partial charge in [0.15, 0.2) is 0 Å². The van der Waals surface area contributed by atoms with Crippen molar-refractivity contribution in [2.75, 3.05) is 13.0 Å². The maximum atomic E-state index is 11.1. The van der Waals surface area contributed by atoms with E-state index in [0.717, 1.165) is 5.56 Å². The molecule has 0 radical (unpaired) electrons. The van der Waals surface area contributed by atoms with Crippen LogP contribution in [-0.2, 0) is 5.60 Å². The Kier molecular flexibility index (Phi) is 4.92. The van der Waals surface area contributed by atoms with Gasteiger partial charge >= 0.3 is 0 Å². The van der Waals surface area contributed by atoms with Crippen LogP contribution in [0, 0.1) is 0 Å². The molecule has 0 aliphatic heterocycles. The highest BCUT2D eigenvalue weighted by atomic mass is 35.5. The number of rotatable bonds is 5. The van der Waals surface area contributed by atoms with Crippen LogP contribution in [-0.4, -0.2) is 18.1 Å². The van der Waals surface area contributed by atoms with Crippen LogP contribution >= 0.6 is 23.2 Å². The Morgan fingerprint density at radius 2 is 1.80 bits per heavy atom. The molecule has 0 spiro atoms. The molecule has 0 aliphatic rings. The summed E-state index contributed by atoms with van der Waals surface area (Å²) in [6.07, 6.45) is 0.406. The Morgan fingerprint density at radius 3 is 2.40 bits per heavy atom. The average Bonchev–Trinajstić information content (AvgIpc) is 2.48. The molecule has 2 aromatic carbocycles. The highest BCUT2D eigenvalue weighted by Gasteiger charge is 2.31. The number of ether oxygens (including phenoxy) is 1. The van der Waals surface area contributed by atoms with Crippen LogP contribution in [0.25, 0.3) is 0 Å². The zero-order valence-corrected chi connectivity index (χ0v) is 12.7. The first-order chi connectivity index (χ1) is 9.61. The fraction of sp³-hybridized carbons (Fsp3) is 0.250. The lowest BCUT2D eigenvalue weighted by molar-refractivity contribution is 0.0772. The Bertz CT molecular complexity index is 572. The Hall–Kier alpha value is -1.22. The second kappa shape index (κ2) is 6.49. The lowest BCUT2D eigenvalue weighted by Crippen LogP contribution is -2.28. The lowest BCUT2D eigenvalue weighted by Gasteiger charge is -2.29. The van der Waals surface area contributed by atoms with E-state index in [-0.39, 0.29) is 0 Å². The van der Waals surface area contributed by atoms with Crippen LogP contribution in [0.2, 0.25) is 5.02 Å².